The van der Waals surface area contributed by atoms with E-state index in [1.807, 2.05) is 6.92 Å². The molecule has 1 aromatic rings. The zero-order valence-corrected chi connectivity index (χ0v) is 10.6. The van der Waals surface area contributed by atoms with Crippen molar-refractivity contribution in [2.75, 3.05) is 6.54 Å². The number of nitrogens with one attached hydrogen (secondary N) is 3. The van der Waals surface area contributed by atoms with Gasteiger partial charge in [-0.1, -0.05) is 6.92 Å². The van der Waals surface area contributed by atoms with Gasteiger partial charge in [0.15, 0.2) is 0 Å². The number of aryl methyl sites for hydroxylation is 1. The Labute approximate surface area is 101 Å². The molecule has 5 heteroatoms. The first-order valence-electron chi connectivity index (χ1n) is 6.14. The predicted molar refractivity (Wildman–Crippen MR) is 65.8 cm³/mol. The highest BCUT2D eigenvalue weighted by atomic mass is 16.2. The lowest BCUT2D eigenvalue weighted by atomic mass is 9.89. The highest BCUT2D eigenvalue weighted by Gasteiger charge is 2.29. The molecule has 3 N–H and O–H groups in total. The molecule has 3 unspecified atom stereocenters. The van der Waals surface area contributed by atoms with E-state index in [1.54, 1.807) is 6.07 Å². The molecule has 17 heavy (non-hydrogen) atoms. The summed E-state index contributed by atoms with van der Waals surface area (Å²) in [5, 5.41) is 13.2. The summed E-state index contributed by atoms with van der Waals surface area (Å²) >= 11 is 0. The van der Waals surface area contributed by atoms with Crippen LogP contribution in [-0.2, 0) is 0 Å². The van der Waals surface area contributed by atoms with Gasteiger partial charge >= 0.3 is 0 Å². The minimum absolute atomic E-state index is 0.0956. The van der Waals surface area contributed by atoms with Crippen molar-refractivity contribution in [3.05, 3.63) is 17.5 Å². The summed E-state index contributed by atoms with van der Waals surface area (Å²) in [5.74, 6) is 0.400. The minimum atomic E-state index is -0.0956. The number of aromatic nitrogens is 2. The first-order chi connectivity index (χ1) is 8.08. The molecule has 0 bridgehead atoms. The molecule has 0 aromatic carbocycles. The molecule has 1 aromatic heterocycles. The average molecular weight is 236 g/mol. The van der Waals surface area contributed by atoms with Gasteiger partial charge in [-0.15, -0.1) is 0 Å². The van der Waals surface area contributed by atoms with E-state index in [-0.39, 0.29) is 11.9 Å². The van der Waals surface area contributed by atoms with Crippen LogP contribution in [0.4, 0.5) is 0 Å². The normalized spacial score (nSPS) is 29.0. The summed E-state index contributed by atoms with van der Waals surface area (Å²) in [6.07, 6.45) is 1.09. The highest BCUT2D eigenvalue weighted by Crippen LogP contribution is 2.16. The Morgan fingerprint density at radius 3 is 2.88 bits per heavy atom. The summed E-state index contributed by atoms with van der Waals surface area (Å²) in [6, 6.07) is 2.25. The van der Waals surface area contributed by atoms with Crippen LogP contribution in [0.3, 0.4) is 0 Å². The highest BCUT2D eigenvalue weighted by molar-refractivity contribution is 5.92. The van der Waals surface area contributed by atoms with Crippen molar-refractivity contribution in [2.24, 2.45) is 5.92 Å². The fourth-order valence-electron chi connectivity index (χ4n) is 2.36. The van der Waals surface area contributed by atoms with E-state index in [2.05, 4.69) is 34.7 Å². The summed E-state index contributed by atoms with van der Waals surface area (Å²) in [4.78, 5) is 12.0. The zero-order valence-electron chi connectivity index (χ0n) is 10.6. The molecule has 0 spiro atoms. The number of hydrogen-bond donors (Lipinski definition) is 3. The first kappa shape index (κ1) is 12.1. The molecule has 1 fully saturated rings. The number of piperidine rings is 1. The first-order valence-corrected chi connectivity index (χ1v) is 6.14. The SMILES string of the molecule is Cc1cc(C(=O)NC2C(C)CCNC2C)n[nH]1. The van der Waals surface area contributed by atoms with Gasteiger partial charge in [-0.2, -0.15) is 5.10 Å². The molecule has 1 saturated heterocycles. The van der Waals surface area contributed by atoms with Gasteiger partial charge in [-0.05, 0) is 38.8 Å². The monoisotopic (exact) mass is 236 g/mol. The number of carbonyl (C=O) groups is 1. The largest absolute Gasteiger partial charge is 0.346 e. The van der Waals surface area contributed by atoms with Crippen LogP contribution >= 0.6 is 0 Å². The van der Waals surface area contributed by atoms with Crippen molar-refractivity contribution in [3.8, 4) is 0 Å². The van der Waals surface area contributed by atoms with Crippen LogP contribution in [0, 0.1) is 12.8 Å². The van der Waals surface area contributed by atoms with Crippen molar-refractivity contribution >= 4 is 5.91 Å². The fraction of sp³-hybridized carbons (Fsp3) is 0.667. The van der Waals surface area contributed by atoms with Gasteiger partial charge in [0.25, 0.3) is 5.91 Å². The molecule has 3 atom stereocenters. The maximum atomic E-state index is 12.0. The van der Waals surface area contributed by atoms with Crippen LogP contribution in [0.5, 0.6) is 0 Å². The third kappa shape index (κ3) is 2.66. The van der Waals surface area contributed by atoms with E-state index >= 15 is 0 Å². The van der Waals surface area contributed by atoms with Crippen LogP contribution in [0.15, 0.2) is 6.07 Å². The number of nitrogens with zero attached hydrogens (tertiary/aromatic N) is 1. The van der Waals surface area contributed by atoms with Crippen LogP contribution < -0.4 is 10.6 Å². The number of aromatic amines is 1. The van der Waals surface area contributed by atoms with Crippen molar-refractivity contribution in [1.29, 1.82) is 0 Å². The Hall–Kier alpha value is -1.36. The molecule has 0 aliphatic carbocycles. The van der Waals surface area contributed by atoms with Crippen molar-refractivity contribution in [2.45, 2.75) is 39.3 Å². The summed E-state index contributed by atoms with van der Waals surface area (Å²) in [5.41, 5.74) is 1.37. The molecule has 1 aliphatic heterocycles. The summed E-state index contributed by atoms with van der Waals surface area (Å²) in [6.45, 7) is 7.20. The molecule has 0 radical (unpaired) electrons. The number of carbonyl (C=O) groups excluding carboxylic acids is 1. The molecule has 5 nitrogen and oxygen atoms in total. The van der Waals surface area contributed by atoms with E-state index in [9.17, 15) is 4.79 Å². The second kappa shape index (κ2) is 4.87. The third-order valence-corrected chi connectivity index (χ3v) is 3.45. The lowest BCUT2D eigenvalue weighted by Crippen LogP contribution is -2.55. The van der Waals surface area contributed by atoms with Gasteiger partial charge in [-0.25, -0.2) is 0 Å². The van der Waals surface area contributed by atoms with E-state index in [4.69, 9.17) is 0 Å². The molecule has 0 saturated carbocycles. The van der Waals surface area contributed by atoms with Crippen LogP contribution in [0.25, 0.3) is 0 Å². The van der Waals surface area contributed by atoms with Crippen molar-refractivity contribution < 1.29 is 4.79 Å². The summed E-state index contributed by atoms with van der Waals surface area (Å²) in [7, 11) is 0. The molecule has 1 amide bonds. The molecule has 1 aliphatic rings. The number of rotatable bonds is 2. The quantitative estimate of drug-likeness (QED) is 0.712. The van der Waals surface area contributed by atoms with Gasteiger partial charge < -0.3 is 10.6 Å². The maximum Gasteiger partial charge on any atom is 0.272 e. The smallest absolute Gasteiger partial charge is 0.272 e. The van der Waals surface area contributed by atoms with Gasteiger partial charge in [-0.3, -0.25) is 9.89 Å². The molecule has 94 valence electrons. The van der Waals surface area contributed by atoms with Gasteiger partial charge in [0.05, 0.1) is 0 Å². The van der Waals surface area contributed by atoms with Gasteiger partial charge in [0.1, 0.15) is 5.69 Å². The average Bonchev–Trinajstić information content (AvgIpc) is 2.70. The van der Waals surface area contributed by atoms with Crippen LogP contribution in [0.1, 0.15) is 36.5 Å². The number of H-pyrrole nitrogens is 1. The fourth-order valence-corrected chi connectivity index (χ4v) is 2.36. The standard InChI is InChI=1S/C12H20N4O/c1-7-4-5-13-9(3)11(7)14-12(17)10-6-8(2)15-16-10/h6-7,9,11,13H,4-5H2,1-3H3,(H,14,17)(H,15,16). The van der Waals surface area contributed by atoms with Crippen molar-refractivity contribution in [3.63, 3.8) is 0 Å². The Morgan fingerprint density at radius 1 is 1.53 bits per heavy atom. The molecular weight excluding hydrogens is 216 g/mol. The van der Waals surface area contributed by atoms with E-state index < -0.39 is 0 Å². The third-order valence-electron chi connectivity index (χ3n) is 3.45. The molecule has 2 rings (SSSR count). The Balaban J connectivity index is 2.02. The molecular formula is C12H20N4O. The van der Waals surface area contributed by atoms with E-state index in [0.717, 1.165) is 18.7 Å². The Morgan fingerprint density at radius 2 is 2.29 bits per heavy atom. The van der Waals surface area contributed by atoms with Gasteiger partial charge in [0, 0.05) is 17.8 Å². The van der Waals surface area contributed by atoms with Crippen molar-refractivity contribution in [1.82, 2.24) is 20.8 Å². The number of amides is 1. The second-order valence-electron chi connectivity index (χ2n) is 4.94. The second-order valence-corrected chi connectivity index (χ2v) is 4.94. The predicted octanol–water partition coefficient (Wildman–Crippen LogP) is 0.834. The van der Waals surface area contributed by atoms with Gasteiger partial charge in [0.2, 0.25) is 0 Å². The number of hydrogen-bond acceptors (Lipinski definition) is 3. The van der Waals surface area contributed by atoms with Crippen LogP contribution in [0.2, 0.25) is 0 Å². The Kier molecular flexibility index (Phi) is 3.47. The lowest BCUT2D eigenvalue weighted by Gasteiger charge is -2.35. The van der Waals surface area contributed by atoms with E-state index in [1.165, 1.54) is 0 Å². The lowest BCUT2D eigenvalue weighted by molar-refractivity contribution is 0.0892. The molecule has 2 heterocycles. The van der Waals surface area contributed by atoms with E-state index in [0.29, 0.717) is 17.7 Å². The maximum absolute atomic E-state index is 12.0. The topological polar surface area (TPSA) is 69.8 Å². The van der Waals surface area contributed by atoms with Crippen LogP contribution in [-0.4, -0.2) is 34.7 Å². The minimum Gasteiger partial charge on any atom is -0.346 e. The Bertz CT molecular complexity index is 391. The summed E-state index contributed by atoms with van der Waals surface area (Å²) < 4.78 is 0. The zero-order chi connectivity index (χ0) is 12.4.